The van der Waals surface area contributed by atoms with Crippen molar-refractivity contribution in [3.8, 4) is 0 Å². The van der Waals surface area contributed by atoms with Gasteiger partial charge < -0.3 is 15.7 Å². The topological polar surface area (TPSA) is 83.6 Å². The number of carbonyl (C=O) groups is 2. The van der Waals surface area contributed by atoms with E-state index in [0.29, 0.717) is 19.5 Å². The number of hydrogen-bond donors (Lipinski definition) is 2. The van der Waals surface area contributed by atoms with Gasteiger partial charge in [0.05, 0.1) is 6.42 Å². The van der Waals surface area contributed by atoms with E-state index in [0.717, 1.165) is 0 Å². The molecule has 0 spiro atoms. The molecule has 0 bridgehead atoms. The number of carbonyl (C=O) groups excluding carboxylic acids is 1. The van der Waals surface area contributed by atoms with E-state index in [-0.39, 0.29) is 24.8 Å². The summed E-state index contributed by atoms with van der Waals surface area (Å²) in [5.41, 5.74) is 5.42. The van der Waals surface area contributed by atoms with E-state index in [1.807, 2.05) is 13.8 Å². The predicted molar refractivity (Wildman–Crippen MR) is 57.3 cm³/mol. The van der Waals surface area contributed by atoms with Crippen molar-refractivity contribution in [1.82, 2.24) is 4.90 Å². The van der Waals surface area contributed by atoms with Crippen molar-refractivity contribution in [3.63, 3.8) is 0 Å². The van der Waals surface area contributed by atoms with Gasteiger partial charge in [0.25, 0.3) is 0 Å². The molecule has 0 aliphatic carbocycles. The number of hydrogen-bond acceptors (Lipinski definition) is 3. The molecule has 5 nitrogen and oxygen atoms in total. The molecule has 3 N–H and O–H groups in total. The van der Waals surface area contributed by atoms with Gasteiger partial charge >= 0.3 is 5.97 Å². The Balaban J connectivity index is 4.04. The van der Waals surface area contributed by atoms with Crippen LogP contribution in [0.2, 0.25) is 0 Å². The summed E-state index contributed by atoms with van der Waals surface area (Å²) in [6.07, 6.45) is 0.389. The van der Waals surface area contributed by atoms with Crippen molar-refractivity contribution in [3.05, 3.63) is 0 Å². The Bertz CT molecular complexity index is 219. The van der Waals surface area contributed by atoms with Crippen molar-refractivity contribution >= 4 is 11.9 Å². The number of aliphatic carboxylic acids is 1. The van der Waals surface area contributed by atoms with Crippen molar-refractivity contribution in [2.45, 2.75) is 26.7 Å². The SMILES string of the molecule is CCN(CCC(=O)O)C(=O)CC(C)CN. The molecule has 1 unspecified atom stereocenters. The fraction of sp³-hybridized carbons (Fsp3) is 0.800. The summed E-state index contributed by atoms with van der Waals surface area (Å²) in [4.78, 5) is 23.6. The van der Waals surface area contributed by atoms with E-state index >= 15 is 0 Å². The average Bonchev–Trinajstić information content (AvgIpc) is 2.18. The van der Waals surface area contributed by atoms with Gasteiger partial charge in [-0.1, -0.05) is 6.92 Å². The zero-order chi connectivity index (χ0) is 11.8. The Morgan fingerprint density at radius 2 is 2.07 bits per heavy atom. The third kappa shape index (κ3) is 6.06. The van der Waals surface area contributed by atoms with Gasteiger partial charge in [0.1, 0.15) is 0 Å². The maximum absolute atomic E-state index is 11.6. The molecule has 0 aromatic carbocycles. The highest BCUT2D eigenvalue weighted by Crippen LogP contribution is 2.04. The summed E-state index contributed by atoms with van der Waals surface area (Å²) in [5, 5.41) is 8.51. The number of amides is 1. The van der Waals surface area contributed by atoms with Crippen LogP contribution < -0.4 is 5.73 Å². The molecular weight excluding hydrogens is 196 g/mol. The number of carboxylic acids is 1. The average molecular weight is 216 g/mol. The van der Waals surface area contributed by atoms with Crippen molar-refractivity contribution in [2.75, 3.05) is 19.6 Å². The Labute approximate surface area is 90.2 Å². The Morgan fingerprint density at radius 1 is 1.47 bits per heavy atom. The molecule has 0 radical (unpaired) electrons. The highest BCUT2D eigenvalue weighted by molar-refractivity contribution is 5.77. The third-order valence-electron chi connectivity index (χ3n) is 2.26. The molecule has 0 aromatic heterocycles. The zero-order valence-corrected chi connectivity index (χ0v) is 9.40. The van der Waals surface area contributed by atoms with Crippen LogP contribution >= 0.6 is 0 Å². The lowest BCUT2D eigenvalue weighted by Crippen LogP contribution is -2.34. The van der Waals surface area contributed by atoms with Gasteiger partial charge in [-0.25, -0.2) is 0 Å². The van der Waals surface area contributed by atoms with E-state index < -0.39 is 5.97 Å². The van der Waals surface area contributed by atoms with Crippen LogP contribution in [0.3, 0.4) is 0 Å². The highest BCUT2D eigenvalue weighted by Gasteiger charge is 2.15. The highest BCUT2D eigenvalue weighted by atomic mass is 16.4. The molecule has 0 aliphatic heterocycles. The maximum atomic E-state index is 11.6. The lowest BCUT2D eigenvalue weighted by atomic mass is 10.1. The molecule has 0 aromatic rings. The molecule has 1 atom stereocenters. The van der Waals surface area contributed by atoms with Gasteiger partial charge in [-0.05, 0) is 19.4 Å². The van der Waals surface area contributed by atoms with Crippen LogP contribution in [0, 0.1) is 5.92 Å². The van der Waals surface area contributed by atoms with Crippen molar-refractivity contribution in [1.29, 1.82) is 0 Å². The largest absolute Gasteiger partial charge is 0.481 e. The van der Waals surface area contributed by atoms with Gasteiger partial charge in [0, 0.05) is 19.5 Å². The Morgan fingerprint density at radius 3 is 2.47 bits per heavy atom. The number of nitrogens with two attached hydrogens (primary N) is 1. The standard InChI is InChI=1S/C10H20N2O3/c1-3-12(5-4-10(14)15)9(13)6-8(2)7-11/h8H,3-7,11H2,1-2H3,(H,14,15). The smallest absolute Gasteiger partial charge is 0.305 e. The molecular formula is C10H20N2O3. The molecule has 88 valence electrons. The minimum atomic E-state index is -0.881. The Kier molecular flexibility index (Phi) is 6.70. The molecule has 15 heavy (non-hydrogen) atoms. The summed E-state index contributed by atoms with van der Waals surface area (Å²) in [6.45, 7) is 5.05. The van der Waals surface area contributed by atoms with Crippen LogP contribution in [-0.4, -0.2) is 41.5 Å². The summed E-state index contributed by atoms with van der Waals surface area (Å²) in [7, 11) is 0. The summed E-state index contributed by atoms with van der Waals surface area (Å²) >= 11 is 0. The summed E-state index contributed by atoms with van der Waals surface area (Å²) in [6, 6.07) is 0. The van der Waals surface area contributed by atoms with Crippen LogP contribution in [0.1, 0.15) is 26.7 Å². The molecule has 0 saturated carbocycles. The lowest BCUT2D eigenvalue weighted by molar-refractivity contribution is -0.138. The third-order valence-corrected chi connectivity index (χ3v) is 2.26. The van der Waals surface area contributed by atoms with E-state index in [4.69, 9.17) is 10.8 Å². The number of rotatable bonds is 7. The predicted octanol–water partition coefficient (Wildman–Crippen LogP) is 0.295. The molecule has 0 fully saturated rings. The zero-order valence-electron chi connectivity index (χ0n) is 9.40. The second-order valence-corrected chi connectivity index (χ2v) is 3.66. The minimum absolute atomic E-state index is 0.00339. The molecule has 0 rings (SSSR count). The fourth-order valence-corrected chi connectivity index (χ4v) is 1.20. The number of carboxylic acid groups (broad SMARTS) is 1. The molecule has 0 saturated heterocycles. The molecule has 1 amide bonds. The summed E-state index contributed by atoms with van der Waals surface area (Å²) < 4.78 is 0. The molecule has 5 heteroatoms. The minimum Gasteiger partial charge on any atom is -0.481 e. The second-order valence-electron chi connectivity index (χ2n) is 3.66. The van der Waals surface area contributed by atoms with Gasteiger partial charge in [-0.15, -0.1) is 0 Å². The van der Waals surface area contributed by atoms with E-state index in [1.165, 1.54) is 0 Å². The van der Waals surface area contributed by atoms with Gasteiger partial charge in [0.2, 0.25) is 5.91 Å². The first-order valence-corrected chi connectivity index (χ1v) is 5.20. The van der Waals surface area contributed by atoms with Crippen molar-refractivity contribution < 1.29 is 14.7 Å². The van der Waals surface area contributed by atoms with Crippen LogP contribution in [0.15, 0.2) is 0 Å². The lowest BCUT2D eigenvalue weighted by Gasteiger charge is -2.21. The maximum Gasteiger partial charge on any atom is 0.305 e. The monoisotopic (exact) mass is 216 g/mol. The Hall–Kier alpha value is -1.10. The quantitative estimate of drug-likeness (QED) is 0.641. The normalized spacial score (nSPS) is 12.2. The van der Waals surface area contributed by atoms with Crippen LogP contribution in [0.25, 0.3) is 0 Å². The summed E-state index contributed by atoms with van der Waals surface area (Å²) in [5.74, 6) is -0.749. The van der Waals surface area contributed by atoms with E-state index in [9.17, 15) is 9.59 Å². The number of nitrogens with zero attached hydrogens (tertiary/aromatic N) is 1. The molecule has 0 aliphatic rings. The van der Waals surface area contributed by atoms with E-state index in [1.54, 1.807) is 4.90 Å². The van der Waals surface area contributed by atoms with E-state index in [2.05, 4.69) is 0 Å². The first kappa shape index (κ1) is 13.9. The van der Waals surface area contributed by atoms with Gasteiger partial charge in [-0.2, -0.15) is 0 Å². The van der Waals surface area contributed by atoms with Crippen molar-refractivity contribution in [2.24, 2.45) is 11.7 Å². The van der Waals surface area contributed by atoms with Crippen LogP contribution in [-0.2, 0) is 9.59 Å². The van der Waals surface area contributed by atoms with Crippen LogP contribution in [0.5, 0.6) is 0 Å². The second kappa shape index (κ2) is 7.23. The molecule has 0 heterocycles. The first-order chi connectivity index (χ1) is 7.01. The van der Waals surface area contributed by atoms with Gasteiger partial charge in [-0.3, -0.25) is 9.59 Å². The first-order valence-electron chi connectivity index (χ1n) is 5.20. The fourth-order valence-electron chi connectivity index (χ4n) is 1.20. The van der Waals surface area contributed by atoms with Crippen LogP contribution in [0.4, 0.5) is 0 Å². The van der Waals surface area contributed by atoms with Gasteiger partial charge in [0.15, 0.2) is 0 Å².